The van der Waals surface area contributed by atoms with Crippen LogP contribution in [0.3, 0.4) is 0 Å². The number of hydrogen-bond acceptors (Lipinski definition) is 6. The largest absolute Gasteiger partial charge is 0.345 e. The summed E-state index contributed by atoms with van der Waals surface area (Å²) in [7, 11) is 0. The lowest BCUT2D eigenvalue weighted by Crippen LogP contribution is -2.20. The third-order valence-corrected chi connectivity index (χ3v) is 3.74. The fourth-order valence-corrected chi connectivity index (χ4v) is 2.45. The van der Waals surface area contributed by atoms with Gasteiger partial charge in [-0.1, -0.05) is 23.4 Å². The zero-order valence-corrected chi connectivity index (χ0v) is 13.2. The van der Waals surface area contributed by atoms with E-state index in [1.807, 2.05) is 42.6 Å². The van der Waals surface area contributed by atoms with Crippen LogP contribution in [-0.4, -0.2) is 21.0 Å². The summed E-state index contributed by atoms with van der Waals surface area (Å²) in [5, 5.41) is 9.41. The summed E-state index contributed by atoms with van der Waals surface area (Å²) in [4.78, 5) is 20.3. The molecule has 0 saturated carbocycles. The van der Waals surface area contributed by atoms with Gasteiger partial charge in [0.25, 0.3) is 5.89 Å². The van der Waals surface area contributed by atoms with Crippen molar-refractivity contribution in [2.45, 2.75) is 13.5 Å². The van der Waals surface area contributed by atoms with Gasteiger partial charge in [0.05, 0.1) is 17.2 Å². The summed E-state index contributed by atoms with van der Waals surface area (Å²) in [6.45, 7) is 2.12. The van der Waals surface area contributed by atoms with Crippen LogP contribution in [0.15, 0.2) is 46.3 Å². The molecular weight excluding hydrogens is 312 g/mol. The van der Waals surface area contributed by atoms with Crippen LogP contribution in [0.4, 0.5) is 0 Å². The quantitative estimate of drug-likeness (QED) is 0.729. The minimum Gasteiger partial charge on any atom is -0.345 e. The van der Waals surface area contributed by atoms with Crippen LogP contribution in [-0.2, 0) is 11.3 Å². The van der Waals surface area contributed by atoms with Crippen LogP contribution in [0.1, 0.15) is 16.5 Å². The Morgan fingerprint density at radius 2 is 2.13 bits per heavy atom. The molecule has 0 radical (unpaired) electrons. The molecule has 0 aliphatic heterocycles. The van der Waals surface area contributed by atoms with E-state index in [0.29, 0.717) is 11.7 Å². The second-order valence-electron chi connectivity index (χ2n) is 4.72. The maximum atomic E-state index is 11.8. The first-order valence-electron chi connectivity index (χ1n) is 6.97. The van der Waals surface area contributed by atoms with Gasteiger partial charge in [-0.3, -0.25) is 4.79 Å². The van der Waals surface area contributed by atoms with E-state index in [-0.39, 0.29) is 12.5 Å². The SMILES string of the molecule is Cc1nc(/C=C/C(=O)NCc2noc(-c3ccccc3)n2)cs1. The van der Waals surface area contributed by atoms with Crippen LogP contribution in [0.2, 0.25) is 0 Å². The highest BCUT2D eigenvalue weighted by Crippen LogP contribution is 2.15. The topological polar surface area (TPSA) is 80.9 Å². The molecule has 2 aromatic heterocycles. The third-order valence-electron chi connectivity index (χ3n) is 2.95. The number of hydrogen-bond donors (Lipinski definition) is 1. The summed E-state index contributed by atoms with van der Waals surface area (Å²) in [5.41, 5.74) is 1.62. The lowest BCUT2D eigenvalue weighted by Gasteiger charge is -1.96. The Morgan fingerprint density at radius 3 is 2.87 bits per heavy atom. The molecule has 0 fully saturated rings. The molecule has 3 aromatic rings. The van der Waals surface area contributed by atoms with Crippen molar-refractivity contribution in [1.29, 1.82) is 0 Å². The Labute approximate surface area is 136 Å². The molecule has 1 N–H and O–H groups in total. The average molecular weight is 326 g/mol. The zero-order valence-electron chi connectivity index (χ0n) is 12.4. The van der Waals surface area contributed by atoms with E-state index in [4.69, 9.17) is 4.52 Å². The smallest absolute Gasteiger partial charge is 0.257 e. The Hall–Kier alpha value is -2.80. The van der Waals surface area contributed by atoms with Gasteiger partial charge in [0, 0.05) is 17.0 Å². The molecule has 0 aliphatic rings. The van der Waals surface area contributed by atoms with Crippen LogP contribution >= 0.6 is 11.3 Å². The molecule has 116 valence electrons. The molecule has 0 aliphatic carbocycles. The average Bonchev–Trinajstić information content (AvgIpc) is 3.21. The molecule has 2 heterocycles. The molecule has 23 heavy (non-hydrogen) atoms. The van der Waals surface area contributed by atoms with E-state index in [0.717, 1.165) is 16.3 Å². The van der Waals surface area contributed by atoms with E-state index in [1.165, 1.54) is 6.08 Å². The van der Waals surface area contributed by atoms with Crippen molar-refractivity contribution >= 4 is 23.3 Å². The lowest BCUT2D eigenvalue weighted by molar-refractivity contribution is -0.116. The van der Waals surface area contributed by atoms with Crippen molar-refractivity contribution in [3.05, 3.63) is 58.3 Å². The third kappa shape index (κ3) is 4.10. The summed E-state index contributed by atoms with van der Waals surface area (Å²) >= 11 is 1.54. The van der Waals surface area contributed by atoms with Gasteiger partial charge in [0.1, 0.15) is 0 Å². The number of thiazole rings is 1. The van der Waals surface area contributed by atoms with Crippen LogP contribution in [0, 0.1) is 6.92 Å². The number of nitrogens with one attached hydrogen (secondary N) is 1. The summed E-state index contributed by atoms with van der Waals surface area (Å²) in [5.74, 6) is 0.625. The normalized spacial score (nSPS) is 11.0. The van der Waals surface area contributed by atoms with Gasteiger partial charge in [0.15, 0.2) is 5.82 Å². The van der Waals surface area contributed by atoms with Crippen LogP contribution in [0.5, 0.6) is 0 Å². The predicted octanol–water partition coefficient (Wildman–Crippen LogP) is 2.83. The van der Waals surface area contributed by atoms with Crippen molar-refractivity contribution in [3.8, 4) is 11.5 Å². The molecule has 7 heteroatoms. The van der Waals surface area contributed by atoms with E-state index >= 15 is 0 Å². The Morgan fingerprint density at radius 1 is 1.30 bits per heavy atom. The summed E-state index contributed by atoms with van der Waals surface area (Å²) in [6.07, 6.45) is 3.11. The highest BCUT2D eigenvalue weighted by Gasteiger charge is 2.08. The molecule has 3 rings (SSSR count). The molecule has 1 aromatic carbocycles. The predicted molar refractivity (Wildman–Crippen MR) is 87.5 cm³/mol. The van der Waals surface area contributed by atoms with E-state index in [9.17, 15) is 4.79 Å². The van der Waals surface area contributed by atoms with Crippen molar-refractivity contribution in [3.63, 3.8) is 0 Å². The van der Waals surface area contributed by atoms with Crippen molar-refractivity contribution in [1.82, 2.24) is 20.4 Å². The molecule has 0 bridgehead atoms. The monoisotopic (exact) mass is 326 g/mol. The number of aromatic nitrogens is 3. The molecule has 0 atom stereocenters. The van der Waals surface area contributed by atoms with Gasteiger partial charge in [0.2, 0.25) is 5.91 Å². The first kappa shape index (κ1) is 15.1. The Balaban J connectivity index is 1.55. The molecule has 1 amide bonds. The van der Waals surface area contributed by atoms with Crippen molar-refractivity contribution < 1.29 is 9.32 Å². The second kappa shape index (κ2) is 6.97. The first-order chi connectivity index (χ1) is 11.2. The number of benzene rings is 1. The molecule has 0 saturated heterocycles. The molecule has 6 nitrogen and oxygen atoms in total. The highest BCUT2D eigenvalue weighted by molar-refractivity contribution is 7.09. The maximum Gasteiger partial charge on any atom is 0.257 e. The summed E-state index contributed by atoms with van der Waals surface area (Å²) < 4.78 is 5.18. The number of carbonyl (C=O) groups is 1. The van der Waals surface area contributed by atoms with Gasteiger partial charge < -0.3 is 9.84 Å². The zero-order chi connectivity index (χ0) is 16.1. The standard InChI is InChI=1S/C16H14N4O2S/c1-11-18-13(10-23-11)7-8-15(21)17-9-14-19-16(22-20-14)12-5-3-2-4-6-12/h2-8,10H,9H2,1H3,(H,17,21)/b8-7+. The van der Waals surface area contributed by atoms with Crippen LogP contribution in [0.25, 0.3) is 17.5 Å². The minimum absolute atomic E-state index is 0.204. The van der Waals surface area contributed by atoms with Gasteiger partial charge >= 0.3 is 0 Å². The molecule has 0 unspecified atom stereocenters. The minimum atomic E-state index is -0.235. The van der Waals surface area contributed by atoms with Crippen molar-refractivity contribution in [2.24, 2.45) is 0 Å². The van der Waals surface area contributed by atoms with E-state index < -0.39 is 0 Å². The Bertz CT molecular complexity index is 823. The fourth-order valence-electron chi connectivity index (χ4n) is 1.87. The highest BCUT2D eigenvalue weighted by atomic mass is 32.1. The van der Waals surface area contributed by atoms with E-state index in [2.05, 4.69) is 20.4 Å². The van der Waals surface area contributed by atoms with E-state index in [1.54, 1.807) is 17.4 Å². The van der Waals surface area contributed by atoms with Crippen molar-refractivity contribution in [2.75, 3.05) is 0 Å². The number of amides is 1. The number of aryl methyl sites for hydroxylation is 1. The fraction of sp³-hybridized carbons (Fsp3) is 0.125. The first-order valence-corrected chi connectivity index (χ1v) is 7.85. The maximum absolute atomic E-state index is 11.8. The van der Waals surface area contributed by atoms with Gasteiger partial charge in [-0.25, -0.2) is 4.98 Å². The van der Waals surface area contributed by atoms with Gasteiger partial charge in [-0.2, -0.15) is 4.98 Å². The lowest BCUT2D eigenvalue weighted by atomic mass is 10.2. The Kier molecular flexibility index (Phi) is 4.58. The summed E-state index contributed by atoms with van der Waals surface area (Å²) in [6, 6.07) is 9.47. The van der Waals surface area contributed by atoms with Crippen LogP contribution < -0.4 is 5.32 Å². The number of carbonyl (C=O) groups excluding carboxylic acids is 1. The second-order valence-corrected chi connectivity index (χ2v) is 5.79. The molecular formula is C16H14N4O2S. The number of nitrogens with zero attached hydrogens (tertiary/aromatic N) is 3. The van der Waals surface area contributed by atoms with Gasteiger partial charge in [-0.15, -0.1) is 11.3 Å². The van der Waals surface area contributed by atoms with Gasteiger partial charge in [-0.05, 0) is 25.1 Å². The number of rotatable bonds is 5. The molecule has 0 spiro atoms.